The van der Waals surface area contributed by atoms with Gasteiger partial charge in [0.1, 0.15) is 6.26 Å². The third kappa shape index (κ3) is 5.22. The smallest absolute Gasteiger partial charge is 0.275 e. The summed E-state index contributed by atoms with van der Waals surface area (Å²) in [6, 6.07) is 16.9. The maximum absolute atomic E-state index is 12.6. The van der Waals surface area contributed by atoms with Gasteiger partial charge in [-0.05, 0) is 29.7 Å². The molecule has 0 spiro atoms. The minimum absolute atomic E-state index is 0.0496. The van der Waals surface area contributed by atoms with E-state index in [4.69, 9.17) is 4.42 Å². The Kier molecular flexibility index (Phi) is 6.63. The molecule has 2 heterocycles. The zero-order chi connectivity index (χ0) is 22.5. The summed E-state index contributed by atoms with van der Waals surface area (Å²) in [5, 5.41) is 22.3. The summed E-state index contributed by atoms with van der Waals surface area (Å²) in [6.45, 7) is 0.821. The number of nitrogens with zero attached hydrogens (tertiary/aromatic N) is 2. The van der Waals surface area contributed by atoms with Crippen LogP contribution in [-0.2, 0) is 17.8 Å². The highest BCUT2D eigenvalue weighted by molar-refractivity contribution is 5.92. The number of hydrogen-bond donors (Lipinski definition) is 3. The van der Waals surface area contributed by atoms with E-state index in [2.05, 4.69) is 10.3 Å². The van der Waals surface area contributed by atoms with E-state index in [1.807, 2.05) is 54.6 Å². The van der Waals surface area contributed by atoms with Crippen molar-refractivity contribution in [1.82, 2.24) is 15.2 Å². The molecule has 2 atom stereocenters. The summed E-state index contributed by atoms with van der Waals surface area (Å²) in [5.74, 6) is -0.0826. The van der Waals surface area contributed by atoms with Gasteiger partial charge < -0.3 is 24.8 Å². The first-order valence-corrected chi connectivity index (χ1v) is 10.5. The van der Waals surface area contributed by atoms with Crippen LogP contribution in [0.5, 0.6) is 0 Å². The fourth-order valence-electron chi connectivity index (χ4n) is 3.58. The standard InChI is InChI=1S/C24H25N3O5/c28-20-10-11-27(14-21(20)29)24(31)19-15-32-23(26-19)18-8-6-17(7-9-18)13-25-22(30)12-16-4-2-1-3-5-16/h1-9,15,20-21,28-29H,10-14H2,(H,25,30)/t20-,21-/m0/s1. The van der Waals surface area contributed by atoms with Crippen molar-refractivity contribution in [2.24, 2.45) is 0 Å². The molecule has 4 rings (SSSR count). The van der Waals surface area contributed by atoms with Crippen molar-refractivity contribution < 1.29 is 24.2 Å². The number of aliphatic hydroxyl groups is 2. The molecule has 1 aromatic heterocycles. The molecule has 3 aromatic rings. The Labute approximate surface area is 185 Å². The number of carbonyl (C=O) groups is 2. The molecule has 8 heteroatoms. The van der Waals surface area contributed by atoms with Crippen molar-refractivity contribution in [3.8, 4) is 11.5 Å². The fraction of sp³-hybridized carbons (Fsp3) is 0.292. The lowest BCUT2D eigenvalue weighted by Crippen LogP contribution is -2.49. The molecule has 8 nitrogen and oxygen atoms in total. The molecule has 1 aliphatic rings. The van der Waals surface area contributed by atoms with Crippen LogP contribution in [0.15, 0.2) is 65.3 Å². The number of oxazole rings is 1. The van der Waals surface area contributed by atoms with Crippen LogP contribution in [0, 0.1) is 0 Å². The Morgan fingerprint density at radius 3 is 2.50 bits per heavy atom. The highest BCUT2D eigenvalue weighted by Crippen LogP contribution is 2.21. The molecule has 2 aromatic carbocycles. The van der Waals surface area contributed by atoms with Gasteiger partial charge in [-0.2, -0.15) is 0 Å². The van der Waals surface area contributed by atoms with Crippen LogP contribution in [0.2, 0.25) is 0 Å². The Bertz CT molecular complexity index is 1060. The summed E-state index contributed by atoms with van der Waals surface area (Å²) in [4.78, 5) is 30.4. The lowest BCUT2D eigenvalue weighted by molar-refractivity contribution is -0.120. The average molecular weight is 435 g/mol. The van der Waals surface area contributed by atoms with Crippen molar-refractivity contribution in [2.75, 3.05) is 13.1 Å². The van der Waals surface area contributed by atoms with Crippen LogP contribution < -0.4 is 5.32 Å². The monoisotopic (exact) mass is 435 g/mol. The second-order valence-corrected chi connectivity index (χ2v) is 7.85. The predicted molar refractivity (Wildman–Crippen MR) is 116 cm³/mol. The number of hydrogen-bond acceptors (Lipinski definition) is 6. The number of benzene rings is 2. The number of nitrogens with one attached hydrogen (secondary N) is 1. The number of rotatable bonds is 6. The second-order valence-electron chi connectivity index (χ2n) is 7.85. The van der Waals surface area contributed by atoms with Gasteiger partial charge in [-0.25, -0.2) is 4.98 Å². The molecule has 2 amide bonds. The molecular formula is C24H25N3O5. The van der Waals surface area contributed by atoms with Gasteiger partial charge in [0.05, 0.1) is 18.6 Å². The third-order valence-corrected chi connectivity index (χ3v) is 5.45. The molecule has 1 fully saturated rings. The van der Waals surface area contributed by atoms with Gasteiger partial charge in [-0.15, -0.1) is 0 Å². The lowest BCUT2D eigenvalue weighted by atomic mass is 10.0. The average Bonchev–Trinajstić information content (AvgIpc) is 3.30. The summed E-state index contributed by atoms with van der Waals surface area (Å²) in [7, 11) is 0. The van der Waals surface area contributed by atoms with Crippen LogP contribution in [-0.4, -0.2) is 57.2 Å². The Morgan fingerprint density at radius 2 is 1.78 bits per heavy atom. The van der Waals surface area contributed by atoms with Crippen LogP contribution in [0.3, 0.4) is 0 Å². The van der Waals surface area contributed by atoms with Crippen molar-refractivity contribution in [3.05, 3.63) is 77.7 Å². The summed E-state index contributed by atoms with van der Waals surface area (Å²) >= 11 is 0. The second kappa shape index (κ2) is 9.76. The van der Waals surface area contributed by atoms with Crippen molar-refractivity contribution in [1.29, 1.82) is 0 Å². The van der Waals surface area contributed by atoms with Gasteiger partial charge in [0, 0.05) is 25.2 Å². The van der Waals surface area contributed by atoms with Gasteiger partial charge in [0.25, 0.3) is 5.91 Å². The first-order chi connectivity index (χ1) is 15.5. The first-order valence-electron chi connectivity index (χ1n) is 10.5. The summed E-state index contributed by atoms with van der Waals surface area (Å²) in [5.41, 5.74) is 2.75. The van der Waals surface area contributed by atoms with Gasteiger partial charge in [-0.1, -0.05) is 42.5 Å². The van der Waals surface area contributed by atoms with Crippen LogP contribution in [0.1, 0.15) is 28.0 Å². The number of piperidine rings is 1. The van der Waals surface area contributed by atoms with Gasteiger partial charge in [0.15, 0.2) is 5.69 Å². The van der Waals surface area contributed by atoms with E-state index >= 15 is 0 Å². The van der Waals surface area contributed by atoms with Crippen LogP contribution >= 0.6 is 0 Å². The highest BCUT2D eigenvalue weighted by atomic mass is 16.3. The van der Waals surface area contributed by atoms with Crippen molar-refractivity contribution in [3.63, 3.8) is 0 Å². The van der Waals surface area contributed by atoms with Crippen LogP contribution in [0.25, 0.3) is 11.5 Å². The highest BCUT2D eigenvalue weighted by Gasteiger charge is 2.30. The van der Waals surface area contributed by atoms with Gasteiger partial charge in [0.2, 0.25) is 11.8 Å². The minimum Gasteiger partial charge on any atom is -0.444 e. The van der Waals surface area contributed by atoms with Crippen molar-refractivity contribution >= 4 is 11.8 Å². The topological polar surface area (TPSA) is 116 Å². The molecule has 3 N–H and O–H groups in total. The molecule has 1 aliphatic heterocycles. The normalized spacial score (nSPS) is 18.4. The van der Waals surface area contributed by atoms with E-state index in [9.17, 15) is 19.8 Å². The maximum atomic E-state index is 12.6. The maximum Gasteiger partial charge on any atom is 0.275 e. The molecule has 0 radical (unpaired) electrons. The zero-order valence-electron chi connectivity index (χ0n) is 17.5. The first kappa shape index (κ1) is 21.7. The Morgan fingerprint density at radius 1 is 1.03 bits per heavy atom. The largest absolute Gasteiger partial charge is 0.444 e. The predicted octanol–water partition coefficient (Wildman–Crippen LogP) is 1.77. The van der Waals surface area contributed by atoms with E-state index < -0.39 is 12.2 Å². The molecule has 0 unspecified atom stereocenters. The molecule has 0 saturated carbocycles. The number of aromatic nitrogens is 1. The van der Waals surface area contributed by atoms with E-state index in [0.717, 1.165) is 11.1 Å². The van der Waals surface area contributed by atoms with Crippen LogP contribution in [0.4, 0.5) is 0 Å². The van der Waals surface area contributed by atoms with Gasteiger partial charge >= 0.3 is 0 Å². The number of carbonyl (C=O) groups excluding carboxylic acids is 2. The van der Waals surface area contributed by atoms with E-state index in [0.29, 0.717) is 37.4 Å². The number of β-amino-alcohol motifs (C(OH)–C–C–N with tert-alkyl or cyclic N) is 1. The van der Waals surface area contributed by atoms with Crippen molar-refractivity contribution in [2.45, 2.75) is 31.6 Å². The fourth-order valence-corrected chi connectivity index (χ4v) is 3.58. The summed E-state index contributed by atoms with van der Waals surface area (Å²) < 4.78 is 5.47. The van der Waals surface area contributed by atoms with Gasteiger partial charge in [-0.3, -0.25) is 9.59 Å². The molecule has 0 bridgehead atoms. The molecular weight excluding hydrogens is 410 g/mol. The Balaban J connectivity index is 1.33. The molecule has 32 heavy (non-hydrogen) atoms. The lowest BCUT2D eigenvalue weighted by Gasteiger charge is -2.32. The number of aliphatic hydroxyl groups excluding tert-OH is 2. The molecule has 166 valence electrons. The quantitative estimate of drug-likeness (QED) is 0.544. The molecule has 1 saturated heterocycles. The number of amides is 2. The van der Waals surface area contributed by atoms with E-state index in [1.165, 1.54) is 11.2 Å². The number of likely N-dealkylation sites (tertiary alicyclic amines) is 1. The van der Waals surface area contributed by atoms with E-state index in [1.54, 1.807) is 0 Å². The minimum atomic E-state index is -0.959. The Hall–Kier alpha value is -3.49. The third-order valence-electron chi connectivity index (χ3n) is 5.45. The van der Waals surface area contributed by atoms with E-state index in [-0.39, 0.29) is 24.1 Å². The zero-order valence-corrected chi connectivity index (χ0v) is 17.5. The molecule has 0 aliphatic carbocycles. The summed E-state index contributed by atoms with van der Waals surface area (Å²) in [6.07, 6.45) is 0.181. The SMILES string of the molecule is O=C(Cc1ccccc1)NCc1ccc(-c2nc(C(=O)N3CC[C@H](O)[C@@H](O)C3)co2)cc1.